The maximum absolute atomic E-state index is 12.2. The van der Waals surface area contributed by atoms with Crippen molar-refractivity contribution in [3.8, 4) is 0 Å². The number of nitrogen functional groups attached to an aromatic ring is 1. The average molecular weight is 299 g/mol. The van der Waals surface area contributed by atoms with Gasteiger partial charge >= 0.3 is 0 Å². The Hall–Kier alpha value is -1.72. The van der Waals surface area contributed by atoms with E-state index in [1.54, 1.807) is 32.2 Å². The maximum atomic E-state index is 12.2. The summed E-state index contributed by atoms with van der Waals surface area (Å²) in [6.07, 6.45) is 0. The van der Waals surface area contributed by atoms with Crippen LogP contribution in [0.5, 0.6) is 0 Å². The van der Waals surface area contributed by atoms with Gasteiger partial charge in [-0.1, -0.05) is 29.3 Å². The number of aromatic nitrogens is 2. The minimum absolute atomic E-state index is 0.286. The van der Waals surface area contributed by atoms with E-state index in [0.717, 1.165) is 0 Å². The van der Waals surface area contributed by atoms with Crippen LogP contribution in [0.15, 0.2) is 18.2 Å². The minimum Gasteiger partial charge on any atom is -0.395 e. The highest BCUT2D eigenvalue weighted by Crippen LogP contribution is 2.30. The summed E-state index contributed by atoms with van der Waals surface area (Å²) in [6.45, 7) is 1.73. The Labute approximate surface area is 120 Å². The lowest BCUT2D eigenvalue weighted by atomic mass is 10.2. The van der Waals surface area contributed by atoms with Crippen LogP contribution in [0.4, 0.5) is 11.4 Å². The van der Waals surface area contributed by atoms with Crippen molar-refractivity contribution in [2.75, 3.05) is 11.1 Å². The van der Waals surface area contributed by atoms with Crippen LogP contribution in [0.3, 0.4) is 0 Å². The van der Waals surface area contributed by atoms with Gasteiger partial charge in [0.05, 0.1) is 27.1 Å². The molecule has 3 N–H and O–H groups in total. The number of aryl methyl sites for hydroxylation is 2. The third kappa shape index (κ3) is 2.52. The second-order valence-corrected chi connectivity index (χ2v) is 4.81. The number of nitrogens with two attached hydrogens (primary N) is 1. The quantitative estimate of drug-likeness (QED) is 0.895. The topological polar surface area (TPSA) is 72.9 Å². The zero-order valence-corrected chi connectivity index (χ0v) is 11.9. The van der Waals surface area contributed by atoms with E-state index >= 15 is 0 Å². The number of nitrogens with zero attached hydrogens (tertiary/aromatic N) is 2. The molecule has 0 bridgehead atoms. The predicted octanol–water partition coefficient (Wildman–Crippen LogP) is 2.87. The number of carbonyl (C=O) groups is 1. The Kier molecular flexibility index (Phi) is 3.68. The standard InChI is InChI=1S/C12H12Cl2N4O/c1-6-10(15)11(18(2)17-6)12(19)16-8-5-3-4-7(13)9(8)14/h3-5H,15H2,1-2H3,(H,16,19). The zero-order valence-electron chi connectivity index (χ0n) is 10.4. The van der Waals surface area contributed by atoms with Crippen molar-refractivity contribution in [1.29, 1.82) is 0 Å². The number of anilines is 2. The summed E-state index contributed by atoms with van der Waals surface area (Å²) >= 11 is 11.9. The lowest BCUT2D eigenvalue weighted by Gasteiger charge is -2.08. The molecule has 100 valence electrons. The normalized spacial score (nSPS) is 10.5. The molecule has 0 saturated carbocycles. The molecule has 0 aliphatic heterocycles. The van der Waals surface area contributed by atoms with Crippen molar-refractivity contribution < 1.29 is 4.79 Å². The summed E-state index contributed by atoms with van der Waals surface area (Å²) < 4.78 is 1.43. The summed E-state index contributed by atoms with van der Waals surface area (Å²) in [5.41, 5.74) is 7.48. The first kappa shape index (κ1) is 13.7. The molecule has 19 heavy (non-hydrogen) atoms. The van der Waals surface area contributed by atoms with Crippen LogP contribution in [0.25, 0.3) is 0 Å². The van der Waals surface area contributed by atoms with E-state index in [-0.39, 0.29) is 16.6 Å². The summed E-state index contributed by atoms with van der Waals surface area (Å²) in [5.74, 6) is -0.384. The van der Waals surface area contributed by atoms with E-state index < -0.39 is 0 Å². The Bertz CT molecular complexity index is 651. The van der Waals surface area contributed by atoms with E-state index in [2.05, 4.69) is 10.4 Å². The van der Waals surface area contributed by atoms with Gasteiger partial charge in [-0.3, -0.25) is 9.48 Å². The molecule has 2 rings (SSSR count). The molecule has 0 fully saturated rings. The van der Waals surface area contributed by atoms with Gasteiger partial charge in [0.25, 0.3) is 5.91 Å². The molecule has 5 nitrogen and oxygen atoms in total. The molecule has 0 atom stereocenters. The molecule has 0 radical (unpaired) electrons. The van der Waals surface area contributed by atoms with E-state index in [0.29, 0.717) is 22.1 Å². The van der Waals surface area contributed by atoms with Gasteiger partial charge < -0.3 is 11.1 Å². The summed E-state index contributed by atoms with van der Waals surface area (Å²) in [6, 6.07) is 5.00. The Balaban J connectivity index is 2.34. The Morgan fingerprint density at radius 2 is 2.11 bits per heavy atom. The van der Waals surface area contributed by atoms with Crippen LogP contribution in [-0.2, 0) is 7.05 Å². The van der Waals surface area contributed by atoms with Crippen LogP contribution in [0.1, 0.15) is 16.2 Å². The first-order chi connectivity index (χ1) is 8.91. The maximum Gasteiger partial charge on any atom is 0.276 e. The van der Waals surface area contributed by atoms with E-state index in [4.69, 9.17) is 28.9 Å². The average Bonchev–Trinajstić information content (AvgIpc) is 2.59. The van der Waals surface area contributed by atoms with Gasteiger partial charge in [0.1, 0.15) is 5.69 Å². The molecule has 2 aromatic rings. The number of hydrogen-bond acceptors (Lipinski definition) is 3. The van der Waals surface area contributed by atoms with Crippen molar-refractivity contribution in [3.63, 3.8) is 0 Å². The largest absolute Gasteiger partial charge is 0.395 e. The van der Waals surface area contributed by atoms with Gasteiger partial charge in [-0.2, -0.15) is 5.10 Å². The SMILES string of the molecule is Cc1nn(C)c(C(=O)Nc2cccc(Cl)c2Cl)c1N. The third-order valence-electron chi connectivity index (χ3n) is 2.68. The first-order valence-corrected chi connectivity index (χ1v) is 6.22. The zero-order chi connectivity index (χ0) is 14.2. The fraction of sp³-hybridized carbons (Fsp3) is 0.167. The number of hydrogen-bond donors (Lipinski definition) is 2. The number of nitrogens with one attached hydrogen (secondary N) is 1. The van der Waals surface area contributed by atoms with Crippen LogP contribution in [0, 0.1) is 6.92 Å². The summed E-state index contributed by atoms with van der Waals surface area (Å²) in [5, 5.41) is 7.41. The van der Waals surface area contributed by atoms with Gasteiger partial charge in [-0.25, -0.2) is 0 Å². The molecule has 1 heterocycles. The van der Waals surface area contributed by atoms with Gasteiger partial charge in [0.15, 0.2) is 0 Å². The number of halogens is 2. The van der Waals surface area contributed by atoms with Crippen molar-refractivity contribution >= 4 is 40.5 Å². The highest BCUT2D eigenvalue weighted by molar-refractivity contribution is 6.44. The third-order valence-corrected chi connectivity index (χ3v) is 3.50. The highest BCUT2D eigenvalue weighted by atomic mass is 35.5. The molecule has 0 aliphatic rings. The van der Waals surface area contributed by atoms with Crippen LogP contribution < -0.4 is 11.1 Å². The van der Waals surface area contributed by atoms with Crippen molar-refractivity contribution in [1.82, 2.24) is 9.78 Å². The molecule has 7 heteroatoms. The van der Waals surface area contributed by atoms with Gasteiger partial charge in [-0.05, 0) is 19.1 Å². The fourth-order valence-electron chi connectivity index (χ4n) is 1.73. The van der Waals surface area contributed by atoms with E-state index in [1.165, 1.54) is 4.68 Å². The van der Waals surface area contributed by atoms with Gasteiger partial charge in [-0.15, -0.1) is 0 Å². The summed E-state index contributed by atoms with van der Waals surface area (Å²) in [7, 11) is 1.65. The molecule has 0 aliphatic carbocycles. The number of benzene rings is 1. The highest BCUT2D eigenvalue weighted by Gasteiger charge is 2.19. The predicted molar refractivity (Wildman–Crippen MR) is 76.8 cm³/mol. The lowest BCUT2D eigenvalue weighted by Crippen LogP contribution is -2.17. The van der Waals surface area contributed by atoms with Crippen LogP contribution >= 0.6 is 23.2 Å². The Morgan fingerprint density at radius 3 is 2.68 bits per heavy atom. The molecule has 0 saturated heterocycles. The van der Waals surface area contributed by atoms with Gasteiger partial charge in [0, 0.05) is 7.05 Å². The molecule has 0 spiro atoms. The number of rotatable bonds is 2. The number of amides is 1. The second-order valence-electron chi connectivity index (χ2n) is 4.03. The molecular formula is C12H12Cl2N4O. The van der Waals surface area contributed by atoms with Crippen molar-refractivity contribution in [3.05, 3.63) is 39.6 Å². The van der Waals surface area contributed by atoms with Crippen molar-refractivity contribution in [2.24, 2.45) is 7.05 Å². The monoisotopic (exact) mass is 298 g/mol. The molecule has 1 aromatic carbocycles. The minimum atomic E-state index is -0.384. The molecular weight excluding hydrogens is 287 g/mol. The number of carbonyl (C=O) groups excluding carboxylic acids is 1. The first-order valence-electron chi connectivity index (χ1n) is 5.46. The smallest absolute Gasteiger partial charge is 0.276 e. The van der Waals surface area contributed by atoms with Crippen LogP contribution in [-0.4, -0.2) is 15.7 Å². The van der Waals surface area contributed by atoms with E-state index in [1.807, 2.05) is 0 Å². The molecule has 1 aromatic heterocycles. The van der Waals surface area contributed by atoms with Crippen molar-refractivity contribution in [2.45, 2.75) is 6.92 Å². The Morgan fingerprint density at radius 1 is 1.42 bits per heavy atom. The second kappa shape index (κ2) is 5.11. The fourth-order valence-corrected chi connectivity index (χ4v) is 2.07. The van der Waals surface area contributed by atoms with Gasteiger partial charge in [0.2, 0.25) is 0 Å². The molecule has 1 amide bonds. The lowest BCUT2D eigenvalue weighted by molar-refractivity contribution is 0.101. The van der Waals surface area contributed by atoms with E-state index in [9.17, 15) is 4.79 Å². The van der Waals surface area contributed by atoms with Crippen LogP contribution in [0.2, 0.25) is 10.0 Å². The summed E-state index contributed by atoms with van der Waals surface area (Å²) in [4.78, 5) is 12.2. The molecule has 0 unspecified atom stereocenters.